The van der Waals surface area contributed by atoms with Gasteiger partial charge in [-0.1, -0.05) is 44.4 Å². The number of pyridine rings is 1. The summed E-state index contributed by atoms with van der Waals surface area (Å²) < 4.78 is 0. The highest BCUT2D eigenvalue weighted by Crippen LogP contribution is 2.38. The van der Waals surface area contributed by atoms with Gasteiger partial charge in [-0.05, 0) is 74.1 Å². The average Bonchev–Trinajstić information content (AvgIpc) is 2.83. The van der Waals surface area contributed by atoms with Crippen molar-refractivity contribution in [1.82, 2.24) is 9.88 Å². The number of ketones is 1. The molecule has 1 saturated heterocycles. The SMILES string of the molecule is Cc1cccnc1CCC(=O)c1ccc(C(=O)N2CCC(C3CCCC(C)C3)CC2)cc1. The molecule has 0 radical (unpaired) electrons. The minimum absolute atomic E-state index is 0.0941. The second-order valence-corrected chi connectivity index (χ2v) is 9.93. The highest BCUT2D eigenvalue weighted by molar-refractivity contribution is 5.98. The summed E-state index contributed by atoms with van der Waals surface area (Å²) in [5, 5.41) is 0. The molecule has 170 valence electrons. The van der Waals surface area contributed by atoms with Crippen LogP contribution in [-0.2, 0) is 6.42 Å². The van der Waals surface area contributed by atoms with Crippen molar-refractivity contribution in [3.05, 3.63) is 65.0 Å². The van der Waals surface area contributed by atoms with Crippen LogP contribution in [0, 0.1) is 24.7 Å². The van der Waals surface area contributed by atoms with Crippen LogP contribution in [0.25, 0.3) is 0 Å². The topological polar surface area (TPSA) is 50.3 Å². The van der Waals surface area contributed by atoms with Crippen LogP contribution in [0.5, 0.6) is 0 Å². The number of Topliss-reactive ketones (excluding diaryl/α,β-unsaturated/α-hetero) is 1. The van der Waals surface area contributed by atoms with Gasteiger partial charge in [0, 0.05) is 42.5 Å². The number of rotatable bonds is 6. The summed E-state index contributed by atoms with van der Waals surface area (Å²) in [4.78, 5) is 32.0. The molecular formula is C28H36N2O2. The van der Waals surface area contributed by atoms with Gasteiger partial charge in [0.1, 0.15) is 0 Å². The van der Waals surface area contributed by atoms with Crippen LogP contribution < -0.4 is 0 Å². The third kappa shape index (κ3) is 5.46. The van der Waals surface area contributed by atoms with Gasteiger partial charge in [-0.25, -0.2) is 0 Å². The fourth-order valence-electron chi connectivity index (χ4n) is 5.62. The van der Waals surface area contributed by atoms with E-state index in [0.717, 1.165) is 54.9 Å². The monoisotopic (exact) mass is 432 g/mol. The van der Waals surface area contributed by atoms with Crippen molar-refractivity contribution in [2.45, 2.75) is 65.2 Å². The Hall–Kier alpha value is -2.49. The third-order valence-corrected chi connectivity index (χ3v) is 7.63. The molecule has 2 fully saturated rings. The molecular weight excluding hydrogens is 396 g/mol. The molecule has 1 aliphatic carbocycles. The van der Waals surface area contributed by atoms with Crippen LogP contribution in [-0.4, -0.2) is 34.7 Å². The summed E-state index contributed by atoms with van der Waals surface area (Å²) in [6.45, 7) is 6.13. The minimum atomic E-state index is 0.0941. The van der Waals surface area contributed by atoms with E-state index >= 15 is 0 Å². The van der Waals surface area contributed by atoms with Gasteiger partial charge < -0.3 is 4.90 Å². The Bertz CT molecular complexity index is 929. The van der Waals surface area contributed by atoms with E-state index in [1.165, 1.54) is 25.7 Å². The number of carbonyl (C=O) groups is 2. The fourth-order valence-corrected chi connectivity index (χ4v) is 5.62. The second-order valence-electron chi connectivity index (χ2n) is 9.93. The lowest BCUT2D eigenvalue weighted by Gasteiger charge is -2.39. The van der Waals surface area contributed by atoms with Gasteiger partial charge in [0.05, 0.1) is 0 Å². The van der Waals surface area contributed by atoms with Crippen molar-refractivity contribution < 1.29 is 9.59 Å². The minimum Gasteiger partial charge on any atom is -0.339 e. The molecule has 1 aromatic heterocycles. The molecule has 1 amide bonds. The van der Waals surface area contributed by atoms with Crippen molar-refractivity contribution in [2.75, 3.05) is 13.1 Å². The van der Waals surface area contributed by atoms with Crippen LogP contribution in [0.1, 0.15) is 83.8 Å². The normalized spacial score (nSPS) is 22.0. The van der Waals surface area contributed by atoms with Crippen LogP contribution in [0.15, 0.2) is 42.6 Å². The van der Waals surface area contributed by atoms with Gasteiger partial charge in [0.25, 0.3) is 5.91 Å². The van der Waals surface area contributed by atoms with Gasteiger partial charge in [-0.15, -0.1) is 0 Å². The zero-order chi connectivity index (χ0) is 22.5. The summed E-state index contributed by atoms with van der Waals surface area (Å²) in [6.07, 6.45) is 10.6. The van der Waals surface area contributed by atoms with E-state index in [0.29, 0.717) is 24.0 Å². The summed E-state index contributed by atoms with van der Waals surface area (Å²) in [7, 11) is 0. The zero-order valence-electron chi connectivity index (χ0n) is 19.6. The summed E-state index contributed by atoms with van der Waals surface area (Å²) in [6, 6.07) is 11.2. The Kier molecular flexibility index (Phi) is 7.39. The molecule has 0 bridgehead atoms. The molecule has 4 heteroatoms. The zero-order valence-corrected chi connectivity index (χ0v) is 19.6. The van der Waals surface area contributed by atoms with Crippen molar-refractivity contribution in [3.8, 4) is 0 Å². The Balaban J connectivity index is 1.28. The number of hydrogen-bond acceptors (Lipinski definition) is 3. The lowest BCUT2D eigenvalue weighted by molar-refractivity contribution is 0.0622. The molecule has 2 unspecified atom stereocenters. The molecule has 0 spiro atoms. The average molecular weight is 433 g/mol. The van der Waals surface area contributed by atoms with Gasteiger partial charge in [0.15, 0.2) is 5.78 Å². The molecule has 2 atom stereocenters. The Morgan fingerprint density at radius 1 is 0.969 bits per heavy atom. The third-order valence-electron chi connectivity index (χ3n) is 7.63. The van der Waals surface area contributed by atoms with E-state index in [9.17, 15) is 9.59 Å². The lowest BCUT2D eigenvalue weighted by Crippen LogP contribution is -2.40. The smallest absolute Gasteiger partial charge is 0.253 e. The van der Waals surface area contributed by atoms with E-state index in [1.54, 1.807) is 18.3 Å². The summed E-state index contributed by atoms with van der Waals surface area (Å²) >= 11 is 0. The molecule has 1 saturated carbocycles. The quantitative estimate of drug-likeness (QED) is 0.535. The maximum atomic E-state index is 13.0. The fraction of sp³-hybridized carbons (Fsp3) is 0.536. The molecule has 32 heavy (non-hydrogen) atoms. The first-order valence-electron chi connectivity index (χ1n) is 12.3. The van der Waals surface area contributed by atoms with E-state index in [-0.39, 0.29) is 11.7 Å². The number of nitrogens with zero attached hydrogens (tertiary/aromatic N) is 2. The molecule has 4 rings (SSSR count). The number of aryl methyl sites for hydroxylation is 2. The number of aromatic nitrogens is 1. The van der Waals surface area contributed by atoms with E-state index < -0.39 is 0 Å². The van der Waals surface area contributed by atoms with Crippen molar-refractivity contribution in [1.29, 1.82) is 0 Å². The second kappa shape index (κ2) is 10.4. The highest BCUT2D eigenvalue weighted by atomic mass is 16.2. The number of amides is 1. The molecule has 1 aromatic carbocycles. The summed E-state index contributed by atoms with van der Waals surface area (Å²) in [5.74, 6) is 2.70. The maximum Gasteiger partial charge on any atom is 0.253 e. The lowest BCUT2D eigenvalue weighted by atomic mass is 9.72. The van der Waals surface area contributed by atoms with E-state index in [2.05, 4.69) is 11.9 Å². The van der Waals surface area contributed by atoms with Crippen molar-refractivity contribution in [2.24, 2.45) is 17.8 Å². The number of hydrogen-bond donors (Lipinski definition) is 0. The molecule has 2 aromatic rings. The van der Waals surface area contributed by atoms with Crippen LogP contribution in [0.3, 0.4) is 0 Å². The molecule has 1 aliphatic heterocycles. The van der Waals surface area contributed by atoms with E-state index in [1.807, 2.05) is 36.1 Å². The molecule has 2 aliphatic rings. The van der Waals surface area contributed by atoms with Gasteiger partial charge in [-0.3, -0.25) is 14.6 Å². The van der Waals surface area contributed by atoms with E-state index in [4.69, 9.17) is 0 Å². The van der Waals surface area contributed by atoms with Crippen LogP contribution in [0.2, 0.25) is 0 Å². The number of benzene rings is 1. The number of likely N-dealkylation sites (tertiary alicyclic amines) is 1. The highest BCUT2D eigenvalue weighted by Gasteiger charge is 2.31. The van der Waals surface area contributed by atoms with Crippen molar-refractivity contribution >= 4 is 11.7 Å². The van der Waals surface area contributed by atoms with Crippen LogP contribution >= 0.6 is 0 Å². The number of piperidine rings is 1. The first-order valence-corrected chi connectivity index (χ1v) is 12.3. The Morgan fingerprint density at radius 2 is 1.69 bits per heavy atom. The van der Waals surface area contributed by atoms with Gasteiger partial charge >= 0.3 is 0 Å². The first kappa shape index (κ1) is 22.7. The standard InChI is InChI=1S/C28H36N2O2/c1-20-5-3-7-25(19-20)22-14-17-30(18-15-22)28(32)24-10-8-23(9-11-24)27(31)13-12-26-21(2)6-4-16-29-26/h4,6,8-11,16,20,22,25H,3,5,7,12-15,17-19H2,1-2H3. The van der Waals surface area contributed by atoms with Gasteiger partial charge in [0.2, 0.25) is 0 Å². The molecule has 4 nitrogen and oxygen atoms in total. The predicted octanol–water partition coefficient (Wildman–Crippen LogP) is 5.88. The number of carbonyl (C=O) groups excluding carboxylic acids is 2. The maximum absolute atomic E-state index is 13.0. The molecule has 2 heterocycles. The Labute approximate surface area is 192 Å². The van der Waals surface area contributed by atoms with Crippen molar-refractivity contribution in [3.63, 3.8) is 0 Å². The summed E-state index contributed by atoms with van der Waals surface area (Å²) in [5.41, 5.74) is 3.44. The van der Waals surface area contributed by atoms with Crippen LogP contribution in [0.4, 0.5) is 0 Å². The first-order chi connectivity index (χ1) is 15.5. The largest absolute Gasteiger partial charge is 0.339 e. The predicted molar refractivity (Wildman–Crippen MR) is 128 cm³/mol. The van der Waals surface area contributed by atoms with Gasteiger partial charge in [-0.2, -0.15) is 0 Å². The Morgan fingerprint density at radius 3 is 2.38 bits per heavy atom. The molecule has 0 N–H and O–H groups in total.